The number of hydrogen-bond donors (Lipinski definition) is 1. The van der Waals surface area contributed by atoms with Crippen LogP contribution in [0.1, 0.15) is 12.5 Å². The van der Waals surface area contributed by atoms with Gasteiger partial charge in [-0.1, -0.05) is 42.5 Å². The SMILES string of the molecule is C[C@H](O)/C=C/c1ccccc1. The molecule has 0 aliphatic rings. The van der Waals surface area contributed by atoms with Crippen LogP contribution in [0, 0.1) is 0 Å². The van der Waals surface area contributed by atoms with Gasteiger partial charge in [-0.15, -0.1) is 0 Å². The van der Waals surface area contributed by atoms with E-state index < -0.39 is 0 Å². The van der Waals surface area contributed by atoms with Gasteiger partial charge in [0.2, 0.25) is 0 Å². The van der Waals surface area contributed by atoms with Crippen molar-refractivity contribution in [2.75, 3.05) is 0 Å². The van der Waals surface area contributed by atoms with E-state index in [-0.39, 0.29) is 6.10 Å². The normalized spacial score (nSPS) is 13.6. The van der Waals surface area contributed by atoms with Gasteiger partial charge in [-0.25, -0.2) is 0 Å². The first-order valence-corrected chi connectivity index (χ1v) is 3.70. The second-order valence-corrected chi connectivity index (χ2v) is 2.51. The summed E-state index contributed by atoms with van der Waals surface area (Å²) >= 11 is 0. The maximum atomic E-state index is 8.93. The van der Waals surface area contributed by atoms with Crippen LogP contribution < -0.4 is 0 Å². The van der Waals surface area contributed by atoms with E-state index in [1.54, 1.807) is 13.0 Å². The molecule has 0 aliphatic carbocycles. The standard InChI is InChI=1S/C10H12O/c1-9(11)7-8-10-5-3-2-4-6-10/h2-9,11H,1H3/b8-7+/t9-/m0/s1. The van der Waals surface area contributed by atoms with Crippen molar-refractivity contribution in [3.05, 3.63) is 42.0 Å². The molecule has 1 atom stereocenters. The predicted octanol–water partition coefficient (Wildman–Crippen LogP) is 2.08. The van der Waals surface area contributed by atoms with Crippen LogP contribution >= 0.6 is 0 Å². The molecule has 1 nitrogen and oxygen atoms in total. The van der Waals surface area contributed by atoms with E-state index >= 15 is 0 Å². The molecule has 0 radical (unpaired) electrons. The van der Waals surface area contributed by atoms with E-state index in [1.807, 2.05) is 36.4 Å². The molecule has 1 aromatic rings. The lowest BCUT2D eigenvalue weighted by atomic mass is 10.2. The number of benzene rings is 1. The first-order chi connectivity index (χ1) is 5.29. The maximum absolute atomic E-state index is 8.93. The highest BCUT2D eigenvalue weighted by atomic mass is 16.3. The Morgan fingerprint density at radius 1 is 1.27 bits per heavy atom. The van der Waals surface area contributed by atoms with Crippen LogP contribution in [0.3, 0.4) is 0 Å². The van der Waals surface area contributed by atoms with E-state index in [0.29, 0.717) is 0 Å². The van der Waals surface area contributed by atoms with E-state index in [2.05, 4.69) is 0 Å². The lowest BCUT2D eigenvalue weighted by Gasteiger charge is -1.93. The van der Waals surface area contributed by atoms with Gasteiger partial charge in [-0.3, -0.25) is 0 Å². The molecule has 0 fully saturated rings. The molecule has 0 unspecified atom stereocenters. The van der Waals surface area contributed by atoms with Crippen molar-refractivity contribution in [1.82, 2.24) is 0 Å². The Bertz CT molecular complexity index is 224. The molecule has 0 spiro atoms. The van der Waals surface area contributed by atoms with Crippen molar-refractivity contribution in [2.45, 2.75) is 13.0 Å². The molecule has 1 N–H and O–H groups in total. The number of aliphatic hydroxyl groups is 1. The lowest BCUT2D eigenvalue weighted by molar-refractivity contribution is 0.245. The second kappa shape index (κ2) is 3.94. The average molecular weight is 148 g/mol. The fourth-order valence-corrected chi connectivity index (χ4v) is 0.815. The summed E-state index contributed by atoms with van der Waals surface area (Å²) in [7, 11) is 0. The highest BCUT2D eigenvalue weighted by molar-refractivity contribution is 5.48. The summed E-state index contributed by atoms with van der Waals surface area (Å²) in [6, 6.07) is 9.92. The summed E-state index contributed by atoms with van der Waals surface area (Å²) in [5, 5.41) is 8.93. The Morgan fingerprint density at radius 3 is 2.45 bits per heavy atom. The Kier molecular flexibility index (Phi) is 2.87. The fourth-order valence-electron chi connectivity index (χ4n) is 0.815. The fraction of sp³-hybridized carbons (Fsp3) is 0.200. The van der Waals surface area contributed by atoms with Gasteiger partial charge in [-0.05, 0) is 12.5 Å². The Labute approximate surface area is 67.0 Å². The van der Waals surface area contributed by atoms with Crippen molar-refractivity contribution >= 4 is 6.08 Å². The summed E-state index contributed by atoms with van der Waals surface area (Å²) in [5.74, 6) is 0. The third kappa shape index (κ3) is 3.01. The van der Waals surface area contributed by atoms with Gasteiger partial charge in [0.15, 0.2) is 0 Å². The van der Waals surface area contributed by atoms with Crippen molar-refractivity contribution in [3.63, 3.8) is 0 Å². The molecule has 0 aliphatic heterocycles. The van der Waals surface area contributed by atoms with Crippen LogP contribution in [0.15, 0.2) is 36.4 Å². The quantitative estimate of drug-likeness (QED) is 0.680. The van der Waals surface area contributed by atoms with Gasteiger partial charge < -0.3 is 5.11 Å². The van der Waals surface area contributed by atoms with Gasteiger partial charge >= 0.3 is 0 Å². The smallest absolute Gasteiger partial charge is 0.0696 e. The third-order valence-electron chi connectivity index (χ3n) is 1.37. The van der Waals surface area contributed by atoms with Crippen LogP contribution in [0.2, 0.25) is 0 Å². The minimum Gasteiger partial charge on any atom is -0.389 e. The predicted molar refractivity (Wildman–Crippen MR) is 47.2 cm³/mol. The number of aliphatic hydroxyl groups excluding tert-OH is 1. The highest BCUT2D eigenvalue weighted by Crippen LogP contribution is 2.01. The Balaban J connectivity index is 2.65. The molecule has 0 amide bonds. The van der Waals surface area contributed by atoms with Gasteiger partial charge in [0.1, 0.15) is 0 Å². The second-order valence-electron chi connectivity index (χ2n) is 2.51. The Morgan fingerprint density at radius 2 is 1.91 bits per heavy atom. The molecule has 0 saturated carbocycles. The summed E-state index contributed by atoms with van der Waals surface area (Å²) in [4.78, 5) is 0. The number of hydrogen-bond acceptors (Lipinski definition) is 1. The molecule has 1 rings (SSSR count). The molecule has 0 bridgehead atoms. The largest absolute Gasteiger partial charge is 0.389 e. The zero-order valence-corrected chi connectivity index (χ0v) is 6.57. The van der Waals surface area contributed by atoms with Gasteiger partial charge in [-0.2, -0.15) is 0 Å². The maximum Gasteiger partial charge on any atom is 0.0696 e. The molecule has 0 saturated heterocycles. The molecular weight excluding hydrogens is 136 g/mol. The van der Waals surface area contributed by atoms with E-state index in [4.69, 9.17) is 5.11 Å². The van der Waals surface area contributed by atoms with Crippen molar-refractivity contribution in [2.24, 2.45) is 0 Å². The zero-order chi connectivity index (χ0) is 8.10. The van der Waals surface area contributed by atoms with Crippen molar-refractivity contribution in [3.8, 4) is 0 Å². The molecule has 11 heavy (non-hydrogen) atoms. The molecule has 0 heterocycles. The van der Waals surface area contributed by atoms with E-state index in [0.717, 1.165) is 5.56 Å². The van der Waals surface area contributed by atoms with Gasteiger partial charge in [0, 0.05) is 0 Å². The average Bonchev–Trinajstić information content (AvgIpc) is 2.03. The topological polar surface area (TPSA) is 20.2 Å². The van der Waals surface area contributed by atoms with Gasteiger partial charge in [0.25, 0.3) is 0 Å². The summed E-state index contributed by atoms with van der Waals surface area (Å²) in [5.41, 5.74) is 1.12. The summed E-state index contributed by atoms with van der Waals surface area (Å²) < 4.78 is 0. The van der Waals surface area contributed by atoms with Crippen LogP contribution in [-0.2, 0) is 0 Å². The molecular formula is C10H12O. The summed E-state index contributed by atoms with van der Waals surface area (Å²) in [6.07, 6.45) is 3.30. The molecule has 1 aromatic carbocycles. The first kappa shape index (κ1) is 8.02. The van der Waals surface area contributed by atoms with Crippen molar-refractivity contribution < 1.29 is 5.11 Å². The third-order valence-corrected chi connectivity index (χ3v) is 1.37. The van der Waals surface area contributed by atoms with Crippen LogP contribution in [0.4, 0.5) is 0 Å². The summed E-state index contributed by atoms with van der Waals surface area (Å²) in [6.45, 7) is 1.74. The van der Waals surface area contributed by atoms with E-state index in [9.17, 15) is 0 Å². The molecule has 58 valence electrons. The minimum atomic E-state index is -0.366. The van der Waals surface area contributed by atoms with Gasteiger partial charge in [0.05, 0.1) is 6.10 Å². The van der Waals surface area contributed by atoms with Crippen molar-refractivity contribution in [1.29, 1.82) is 0 Å². The Hall–Kier alpha value is -1.08. The highest BCUT2D eigenvalue weighted by Gasteiger charge is 1.85. The number of rotatable bonds is 2. The van der Waals surface area contributed by atoms with Crippen LogP contribution in [0.25, 0.3) is 6.08 Å². The minimum absolute atomic E-state index is 0.366. The van der Waals surface area contributed by atoms with E-state index in [1.165, 1.54) is 0 Å². The monoisotopic (exact) mass is 148 g/mol. The molecule has 0 aromatic heterocycles. The molecule has 1 heteroatoms. The van der Waals surface area contributed by atoms with Crippen LogP contribution in [-0.4, -0.2) is 11.2 Å². The first-order valence-electron chi connectivity index (χ1n) is 3.70. The van der Waals surface area contributed by atoms with Crippen LogP contribution in [0.5, 0.6) is 0 Å². The lowest BCUT2D eigenvalue weighted by Crippen LogP contribution is -1.90. The zero-order valence-electron chi connectivity index (χ0n) is 6.57.